The number of hydrogen-bond donors (Lipinski definition) is 2. The number of ether oxygens (including phenoxy) is 1. The number of thioether (sulfide) groups is 2. The molecule has 1 aliphatic rings. The smallest absolute Gasteiger partial charge is 0.264 e. The van der Waals surface area contributed by atoms with E-state index >= 15 is 0 Å². The molecule has 0 spiro atoms. The number of rotatable bonds is 7. The second-order valence-corrected chi connectivity index (χ2v) is 10.0. The van der Waals surface area contributed by atoms with E-state index in [4.69, 9.17) is 4.74 Å². The highest BCUT2D eigenvalue weighted by molar-refractivity contribution is 8.18. The van der Waals surface area contributed by atoms with Crippen LogP contribution in [0.2, 0.25) is 0 Å². The van der Waals surface area contributed by atoms with Gasteiger partial charge in [0, 0.05) is 5.69 Å². The SMILES string of the molecule is COc1ccc(/C=C2\S/C(=N/c3nnc(SCC(=O)Nc4cccc(C)c4)s3)NC2=O)cc1. The minimum atomic E-state index is -0.221. The summed E-state index contributed by atoms with van der Waals surface area (Å²) in [6.45, 7) is 1.97. The van der Waals surface area contributed by atoms with E-state index in [9.17, 15) is 9.59 Å². The van der Waals surface area contributed by atoms with Crippen molar-refractivity contribution in [1.29, 1.82) is 0 Å². The molecule has 2 aromatic carbocycles. The third kappa shape index (κ3) is 6.44. The van der Waals surface area contributed by atoms with Crippen LogP contribution in [0.3, 0.4) is 0 Å². The summed E-state index contributed by atoms with van der Waals surface area (Å²) >= 11 is 3.78. The summed E-state index contributed by atoms with van der Waals surface area (Å²) < 4.78 is 5.77. The largest absolute Gasteiger partial charge is 0.497 e. The first-order valence-electron chi connectivity index (χ1n) is 9.75. The van der Waals surface area contributed by atoms with Crippen LogP contribution in [0, 0.1) is 6.92 Å². The van der Waals surface area contributed by atoms with Crippen LogP contribution in [0.25, 0.3) is 6.08 Å². The van der Waals surface area contributed by atoms with Gasteiger partial charge in [-0.3, -0.25) is 9.59 Å². The molecule has 3 aromatic rings. The van der Waals surface area contributed by atoms with Crippen molar-refractivity contribution in [3.05, 3.63) is 64.6 Å². The fourth-order valence-electron chi connectivity index (χ4n) is 2.77. The molecule has 1 aliphatic heterocycles. The molecule has 1 aromatic heterocycles. The van der Waals surface area contributed by atoms with Gasteiger partial charge in [-0.05, 0) is 60.2 Å². The van der Waals surface area contributed by atoms with Crippen LogP contribution in [0.15, 0.2) is 62.8 Å². The molecule has 0 saturated carbocycles. The van der Waals surface area contributed by atoms with Crippen LogP contribution in [-0.4, -0.2) is 40.0 Å². The molecular formula is C22H19N5O3S3. The molecule has 2 heterocycles. The number of hydrogen-bond acceptors (Lipinski definition) is 9. The van der Waals surface area contributed by atoms with E-state index in [0.29, 0.717) is 19.5 Å². The fourth-order valence-corrected chi connectivity index (χ4v) is 5.17. The average molecular weight is 498 g/mol. The Bertz CT molecular complexity index is 1240. The summed E-state index contributed by atoms with van der Waals surface area (Å²) in [6, 6.07) is 15.0. The number of methoxy groups -OCH3 is 1. The molecule has 8 nitrogen and oxygen atoms in total. The quantitative estimate of drug-likeness (QED) is 0.366. The van der Waals surface area contributed by atoms with Crippen molar-refractivity contribution in [3.63, 3.8) is 0 Å². The predicted molar refractivity (Wildman–Crippen MR) is 134 cm³/mol. The van der Waals surface area contributed by atoms with Crippen LogP contribution in [0.5, 0.6) is 5.75 Å². The van der Waals surface area contributed by atoms with Gasteiger partial charge in [-0.25, -0.2) is 0 Å². The molecule has 0 atom stereocenters. The third-order valence-corrected chi connectivity index (χ3v) is 7.15. The zero-order valence-corrected chi connectivity index (χ0v) is 20.1. The molecule has 1 saturated heterocycles. The molecule has 0 radical (unpaired) electrons. The third-order valence-electron chi connectivity index (χ3n) is 4.29. The normalized spacial score (nSPS) is 15.6. The highest BCUT2D eigenvalue weighted by Crippen LogP contribution is 2.31. The van der Waals surface area contributed by atoms with Gasteiger partial charge >= 0.3 is 0 Å². The number of nitrogens with one attached hydrogen (secondary N) is 2. The van der Waals surface area contributed by atoms with Crippen molar-refractivity contribution >= 4 is 68.7 Å². The number of anilines is 1. The molecule has 0 aliphatic carbocycles. The zero-order chi connectivity index (χ0) is 23.2. The summed E-state index contributed by atoms with van der Waals surface area (Å²) in [5.41, 5.74) is 2.72. The number of nitrogens with zero attached hydrogens (tertiary/aromatic N) is 3. The van der Waals surface area contributed by atoms with Crippen LogP contribution in [0.1, 0.15) is 11.1 Å². The van der Waals surface area contributed by atoms with Gasteiger partial charge < -0.3 is 15.4 Å². The van der Waals surface area contributed by atoms with E-state index in [1.807, 2.05) is 55.5 Å². The number of amides is 2. The van der Waals surface area contributed by atoms with E-state index in [2.05, 4.69) is 25.8 Å². The van der Waals surface area contributed by atoms with Crippen molar-refractivity contribution in [3.8, 4) is 5.75 Å². The maximum atomic E-state index is 12.3. The Morgan fingerprint density at radius 3 is 2.82 bits per heavy atom. The number of carbonyl (C=O) groups is 2. The van der Waals surface area contributed by atoms with Gasteiger partial charge in [-0.1, -0.05) is 47.4 Å². The maximum Gasteiger partial charge on any atom is 0.264 e. The molecule has 168 valence electrons. The molecule has 2 N–H and O–H groups in total. The van der Waals surface area contributed by atoms with Crippen molar-refractivity contribution in [1.82, 2.24) is 15.5 Å². The number of carbonyl (C=O) groups excluding carboxylic acids is 2. The van der Waals surface area contributed by atoms with Gasteiger partial charge in [0.2, 0.25) is 11.0 Å². The van der Waals surface area contributed by atoms with Crippen LogP contribution < -0.4 is 15.4 Å². The summed E-state index contributed by atoms with van der Waals surface area (Å²) in [5, 5.41) is 14.5. The van der Waals surface area contributed by atoms with E-state index in [1.165, 1.54) is 34.9 Å². The summed E-state index contributed by atoms with van der Waals surface area (Å²) in [5.74, 6) is 0.613. The number of aliphatic imine (C=N–C) groups is 1. The van der Waals surface area contributed by atoms with Gasteiger partial charge in [0.25, 0.3) is 5.91 Å². The lowest BCUT2D eigenvalue weighted by Crippen LogP contribution is -2.19. The van der Waals surface area contributed by atoms with Crippen LogP contribution in [0.4, 0.5) is 10.8 Å². The van der Waals surface area contributed by atoms with E-state index in [-0.39, 0.29) is 17.6 Å². The van der Waals surface area contributed by atoms with Gasteiger partial charge in [-0.2, -0.15) is 4.99 Å². The van der Waals surface area contributed by atoms with E-state index < -0.39 is 0 Å². The maximum absolute atomic E-state index is 12.3. The summed E-state index contributed by atoms with van der Waals surface area (Å²) in [7, 11) is 1.61. The lowest BCUT2D eigenvalue weighted by molar-refractivity contribution is -0.115. The fraction of sp³-hybridized carbons (Fsp3) is 0.136. The second-order valence-electron chi connectivity index (χ2n) is 6.81. The van der Waals surface area contributed by atoms with Gasteiger partial charge in [0.1, 0.15) is 5.75 Å². The lowest BCUT2D eigenvalue weighted by atomic mass is 10.2. The molecule has 4 rings (SSSR count). The highest BCUT2D eigenvalue weighted by Gasteiger charge is 2.24. The van der Waals surface area contributed by atoms with Crippen LogP contribution >= 0.6 is 34.9 Å². The second kappa shape index (κ2) is 10.6. The molecule has 0 bridgehead atoms. The first-order valence-corrected chi connectivity index (χ1v) is 12.4. The first-order chi connectivity index (χ1) is 16.0. The molecule has 1 fully saturated rings. The highest BCUT2D eigenvalue weighted by atomic mass is 32.2. The van der Waals surface area contributed by atoms with Crippen molar-refractivity contribution < 1.29 is 14.3 Å². The average Bonchev–Trinajstić information content (AvgIpc) is 3.39. The van der Waals surface area contributed by atoms with E-state index in [1.54, 1.807) is 13.2 Å². The molecular weight excluding hydrogens is 478 g/mol. The Balaban J connectivity index is 1.33. The predicted octanol–water partition coefficient (Wildman–Crippen LogP) is 4.48. The van der Waals surface area contributed by atoms with Crippen LogP contribution in [-0.2, 0) is 9.59 Å². The Morgan fingerprint density at radius 2 is 2.06 bits per heavy atom. The monoisotopic (exact) mass is 497 g/mol. The molecule has 33 heavy (non-hydrogen) atoms. The standard InChI is InChI=1S/C22H19N5O3S3/c1-13-4-3-5-15(10-13)23-18(28)12-31-22-27-26-21(33-22)25-20-24-19(29)17(32-20)11-14-6-8-16(30-2)9-7-14/h3-11H,12H2,1-2H3,(H,23,28)(H,24,25,26,29)/b17-11-. The Morgan fingerprint density at radius 1 is 1.24 bits per heavy atom. The molecule has 11 heteroatoms. The zero-order valence-electron chi connectivity index (χ0n) is 17.7. The van der Waals surface area contributed by atoms with Crippen molar-refractivity contribution in [2.75, 3.05) is 18.2 Å². The Labute approximate surface area is 202 Å². The number of amidine groups is 1. The summed E-state index contributed by atoms with van der Waals surface area (Å²) in [6.07, 6.45) is 1.79. The van der Waals surface area contributed by atoms with Crippen molar-refractivity contribution in [2.24, 2.45) is 4.99 Å². The topological polar surface area (TPSA) is 106 Å². The number of benzene rings is 2. The van der Waals surface area contributed by atoms with E-state index in [0.717, 1.165) is 22.6 Å². The minimum absolute atomic E-state index is 0.124. The van der Waals surface area contributed by atoms with Gasteiger partial charge in [0.05, 0.1) is 17.8 Å². The number of aryl methyl sites for hydroxylation is 1. The Kier molecular flexibility index (Phi) is 7.43. The minimum Gasteiger partial charge on any atom is -0.497 e. The van der Waals surface area contributed by atoms with Gasteiger partial charge in [-0.15, -0.1) is 10.2 Å². The first kappa shape index (κ1) is 23.0. The Hall–Kier alpha value is -3.15. The molecule has 2 amide bonds. The molecule has 0 unspecified atom stereocenters. The number of aromatic nitrogens is 2. The van der Waals surface area contributed by atoms with Crippen molar-refractivity contribution in [2.45, 2.75) is 11.3 Å². The summed E-state index contributed by atoms with van der Waals surface area (Å²) in [4.78, 5) is 29.3. The lowest BCUT2D eigenvalue weighted by Gasteiger charge is -2.04. The van der Waals surface area contributed by atoms with Gasteiger partial charge in [0.15, 0.2) is 9.51 Å².